The fourth-order valence-electron chi connectivity index (χ4n) is 2.77. The molecule has 1 aromatic rings. The molecule has 25 heavy (non-hydrogen) atoms. The summed E-state index contributed by atoms with van der Waals surface area (Å²) in [5, 5.41) is 15.3. The van der Waals surface area contributed by atoms with E-state index >= 15 is 0 Å². The van der Waals surface area contributed by atoms with E-state index in [2.05, 4.69) is 31.4 Å². The normalized spacial score (nSPS) is 14.1. The van der Waals surface area contributed by atoms with Crippen LogP contribution < -0.4 is 10.6 Å². The van der Waals surface area contributed by atoms with E-state index in [9.17, 15) is 14.7 Å². The van der Waals surface area contributed by atoms with Gasteiger partial charge in [-0.15, -0.1) is 0 Å². The van der Waals surface area contributed by atoms with Crippen molar-refractivity contribution in [2.75, 3.05) is 6.61 Å². The first-order valence-corrected chi connectivity index (χ1v) is 8.83. The fourth-order valence-corrected chi connectivity index (χ4v) is 2.77. The molecule has 1 aromatic carbocycles. The molecule has 140 valence electrons. The van der Waals surface area contributed by atoms with E-state index in [1.54, 1.807) is 12.1 Å². The number of aliphatic hydroxyl groups is 1. The van der Waals surface area contributed by atoms with Gasteiger partial charge in [0.05, 0.1) is 12.6 Å². The van der Waals surface area contributed by atoms with E-state index in [-0.39, 0.29) is 35.8 Å². The standard InChI is InChI=1S/C20H32N2O3/c1-13(2)17(19(25)21-15(12-23)11-20(4,5)6)22-18(24)16-10-8-7-9-14(16)3/h7-10,13,15,17,23H,11-12H2,1-6H3,(H,21,25)(H,22,24). The summed E-state index contributed by atoms with van der Waals surface area (Å²) < 4.78 is 0. The molecule has 0 saturated heterocycles. The second-order valence-electron chi connectivity index (χ2n) is 8.16. The molecule has 3 N–H and O–H groups in total. The topological polar surface area (TPSA) is 78.4 Å². The molecule has 0 aromatic heterocycles. The maximum absolute atomic E-state index is 12.7. The molecule has 0 radical (unpaired) electrons. The van der Waals surface area contributed by atoms with Crippen LogP contribution >= 0.6 is 0 Å². The van der Waals surface area contributed by atoms with Gasteiger partial charge < -0.3 is 15.7 Å². The van der Waals surface area contributed by atoms with E-state index in [0.717, 1.165) is 5.56 Å². The average molecular weight is 348 g/mol. The molecule has 0 bridgehead atoms. The number of hydrogen-bond acceptors (Lipinski definition) is 3. The van der Waals surface area contributed by atoms with Crippen LogP contribution in [0.2, 0.25) is 0 Å². The zero-order valence-corrected chi connectivity index (χ0v) is 16.2. The Labute approximate surface area is 151 Å². The van der Waals surface area contributed by atoms with Crippen molar-refractivity contribution >= 4 is 11.8 Å². The Balaban J connectivity index is 2.83. The van der Waals surface area contributed by atoms with Gasteiger partial charge in [0.15, 0.2) is 0 Å². The molecule has 0 heterocycles. The highest BCUT2D eigenvalue weighted by atomic mass is 16.3. The van der Waals surface area contributed by atoms with Crippen molar-refractivity contribution in [1.82, 2.24) is 10.6 Å². The molecule has 0 aliphatic rings. The van der Waals surface area contributed by atoms with Crippen LogP contribution in [-0.2, 0) is 4.79 Å². The molecular formula is C20H32N2O3. The molecule has 2 atom stereocenters. The van der Waals surface area contributed by atoms with Gasteiger partial charge in [0, 0.05) is 5.56 Å². The minimum Gasteiger partial charge on any atom is -0.394 e. The third-order valence-corrected chi connectivity index (χ3v) is 4.05. The molecule has 0 fully saturated rings. The first kappa shape index (κ1) is 21.2. The zero-order chi connectivity index (χ0) is 19.2. The Bertz CT molecular complexity index is 591. The number of hydrogen-bond donors (Lipinski definition) is 3. The fraction of sp³-hybridized carbons (Fsp3) is 0.600. The summed E-state index contributed by atoms with van der Waals surface area (Å²) in [6, 6.07) is 6.31. The van der Waals surface area contributed by atoms with Gasteiger partial charge in [-0.3, -0.25) is 9.59 Å². The highest BCUT2D eigenvalue weighted by molar-refractivity contribution is 5.98. The van der Waals surface area contributed by atoms with E-state index in [0.29, 0.717) is 12.0 Å². The van der Waals surface area contributed by atoms with Crippen molar-refractivity contribution in [2.45, 2.75) is 60.0 Å². The highest BCUT2D eigenvalue weighted by Gasteiger charge is 2.28. The lowest BCUT2D eigenvalue weighted by Gasteiger charge is -2.28. The van der Waals surface area contributed by atoms with Crippen LogP contribution in [0.25, 0.3) is 0 Å². The van der Waals surface area contributed by atoms with Crippen molar-refractivity contribution in [3.05, 3.63) is 35.4 Å². The lowest BCUT2D eigenvalue weighted by molar-refractivity contribution is -0.125. The number of nitrogens with one attached hydrogen (secondary N) is 2. The molecule has 0 spiro atoms. The maximum atomic E-state index is 12.7. The predicted molar refractivity (Wildman–Crippen MR) is 100 cm³/mol. The van der Waals surface area contributed by atoms with E-state index in [1.807, 2.05) is 32.9 Å². The van der Waals surface area contributed by atoms with Crippen molar-refractivity contribution in [3.63, 3.8) is 0 Å². The molecule has 5 nitrogen and oxygen atoms in total. The Hall–Kier alpha value is -1.88. The van der Waals surface area contributed by atoms with Crippen molar-refractivity contribution in [2.24, 2.45) is 11.3 Å². The summed E-state index contributed by atoms with van der Waals surface area (Å²) in [5.41, 5.74) is 1.41. The van der Waals surface area contributed by atoms with E-state index < -0.39 is 6.04 Å². The van der Waals surface area contributed by atoms with Crippen LogP contribution in [0.1, 0.15) is 57.0 Å². The number of carbonyl (C=O) groups is 2. The molecule has 0 saturated carbocycles. The lowest BCUT2D eigenvalue weighted by atomic mass is 9.88. The van der Waals surface area contributed by atoms with Crippen molar-refractivity contribution in [3.8, 4) is 0 Å². The van der Waals surface area contributed by atoms with Crippen LogP contribution in [0, 0.1) is 18.3 Å². The van der Waals surface area contributed by atoms with Gasteiger partial charge in [-0.2, -0.15) is 0 Å². The Morgan fingerprint density at radius 3 is 2.20 bits per heavy atom. The number of aliphatic hydroxyl groups excluding tert-OH is 1. The van der Waals surface area contributed by atoms with Crippen LogP contribution in [0.5, 0.6) is 0 Å². The summed E-state index contributed by atoms with van der Waals surface area (Å²) in [7, 11) is 0. The summed E-state index contributed by atoms with van der Waals surface area (Å²) in [4.78, 5) is 25.2. The van der Waals surface area contributed by atoms with Crippen LogP contribution in [0.15, 0.2) is 24.3 Å². The first-order valence-electron chi connectivity index (χ1n) is 8.83. The Morgan fingerprint density at radius 1 is 1.12 bits per heavy atom. The minimum atomic E-state index is -0.652. The van der Waals surface area contributed by atoms with Crippen LogP contribution in [-0.4, -0.2) is 35.6 Å². The third-order valence-electron chi connectivity index (χ3n) is 4.05. The first-order chi connectivity index (χ1) is 11.5. The molecule has 5 heteroatoms. The van der Waals surface area contributed by atoms with Gasteiger partial charge in [0.1, 0.15) is 6.04 Å². The predicted octanol–water partition coefficient (Wildman–Crippen LogP) is 2.66. The molecule has 1 rings (SSSR count). The van der Waals surface area contributed by atoms with Gasteiger partial charge in [-0.1, -0.05) is 52.8 Å². The largest absolute Gasteiger partial charge is 0.394 e. The van der Waals surface area contributed by atoms with Gasteiger partial charge in [-0.05, 0) is 36.3 Å². The number of amides is 2. The summed E-state index contributed by atoms with van der Waals surface area (Å²) in [6.45, 7) is 11.7. The van der Waals surface area contributed by atoms with Crippen LogP contribution in [0.3, 0.4) is 0 Å². The number of carbonyl (C=O) groups excluding carboxylic acids is 2. The second-order valence-corrected chi connectivity index (χ2v) is 8.16. The average Bonchev–Trinajstić information content (AvgIpc) is 2.50. The molecule has 0 aliphatic heterocycles. The molecule has 0 aliphatic carbocycles. The Kier molecular flexibility index (Phi) is 7.61. The van der Waals surface area contributed by atoms with E-state index in [4.69, 9.17) is 0 Å². The zero-order valence-electron chi connectivity index (χ0n) is 16.2. The Morgan fingerprint density at radius 2 is 1.72 bits per heavy atom. The highest BCUT2D eigenvalue weighted by Crippen LogP contribution is 2.20. The van der Waals surface area contributed by atoms with Crippen molar-refractivity contribution in [1.29, 1.82) is 0 Å². The van der Waals surface area contributed by atoms with Gasteiger partial charge in [0.25, 0.3) is 5.91 Å². The number of benzene rings is 1. The van der Waals surface area contributed by atoms with E-state index in [1.165, 1.54) is 0 Å². The SMILES string of the molecule is Cc1ccccc1C(=O)NC(C(=O)NC(CO)CC(C)(C)C)C(C)C. The van der Waals surface area contributed by atoms with Gasteiger partial charge >= 0.3 is 0 Å². The molecule has 2 unspecified atom stereocenters. The summed E-state index contributed by atoms with van der Waals surface area (Å²) in [5.74, 6) is -0.592. The molecular weight excluding hydrogens is 316 g/mol. The van der Waals surface area contributed by atoms with Gasteiger partial charge in [0.2, 0.25) is 5.91 Å². The number of rotatable bonds is 7. The third kappa shape index (κ3) is 6.86. The molecule has 2 amide bonds. The van der Waals surface area contributed by atoms with Crippen molar-refractivity contribution < 1.29 is 14.7 Å². The monoisotopic (exact) mass is 348 g/mol. The smallest absolute Gasteiger partial charge is 0.252 e. The second kappa shape index (κ2) is 8.99. The summed E-state index contributed by atoms with van der Waals surface area (Å²) in [6.07, 6.45) is 0.659. The maximum Gasteiger partial charge on any atom is 0.252 e. The quantitative estimate of drug-likeness (QED) is 0.709. The summed E-state index contributed by atoms with van der Waals surface area (Å²) >= 11 is 0. The van der Waals surface area contributed by atoms with Gasteiger partial charge in [-0.25, -0.2) is 0 Å². The number of aryl methyl sites for hydroxylation is 1. The van der Waals surface area contributed by atoms with Crippen LogP contribution in [0.4, 0.5) is 0 Å². The lowest BCUT2D eigenvalue weighted by Crippen LogP contribution is -2.53. The minimum absolute atomic E-state index is 0.0155.